The monoisotopic (exact) mass is 346 g/mol. The lowest BCUT2D eigenvalue weighted by atomic mass is 10.4. The van der Waals surface area contributed by atoms with Gasteiger partial charge in [-0.2, -0.15) is 0 Å². The Kier molecular flexibility index (Phi) is 5.86. The summed E-state index contributed by atoms with van der Waals surface area (Å²) in [7, 11) is 0. The van der Waals surface area contributed by atoms with Crippen molar-refractivity contribution in [1.82, 2.24) is 19.1 Å². The molecule has 4 atom stereocenters. The van der Waals surface area contributed by atoms with E-state index in [1.54, 1.807) is 26.2 Å². The number of nitrogens with zero attached hydrogens (tertiary/aromatic N) is 4. The highest BCUT2D eigenvalue weighted by Gasteiger charge is 2.20. The summed E-state index contributed by atoms with van der Waals surface area (Å²) < 4.78 is 14.9. The van der Waals surface area contributed by atoms with Gasteiger partial charge in [0.25, 0.3) is 0 Å². The van der Waals surface area contributed by atoms with Gasteiger partial charge in [-0.3, -0.25) is 0 Å². The number of ether oxygens (including phenoxy) is 2. The van der Waals surface area contributed by atoms with E-state index in [-0.39, 0.29) is 12.5 Å². The fraction of sp³-hybridized carbons (Fsp3) is 0.571. The van der Waals surface area contributed by atoms with Gasteiger partial charge in [0, 0.05) is 24.8 Å². The maximum Gasteiger partial charge on any atom is 0.178 e. The number of halogens is 2. The molecule has 0 aliphatic heterocycles. The molecule has 0 saturated carbocycles. The first-order valence-corrected chi connectivity index (χ1v) is 7.92. The summed E-state index contributed by atoms with van der Waals surface area (Å²) in [6.07, 6.45) is 6.52. The minimum Gasteiger partial charge on any atom is -0.340 e. The van der Waals surface area contributed by atoms with Crippen molar-refractivity contribution in [3.63, 3.8) is 0 Å². The predicted molar refractivity (Wildman–Crippen MR) is 85.7 cm³/mol. The van der Waals surface area contributed by atoms with Gasteiger partial charge in [0.2, 0.25) is 0 Å². The fourth-order valence-electron chi connectivity index (χ4n) is 2.23. The van der Waals surface area contributed by atoms with Crippen LogP contribution in [0, 0.1) is 0 Å². The normalized spacial score (nSPS) is 17.2. The summed E-state index contributed by atoms with van der Waals surface area (Å²) in [5, 5.41) is 0. The van der Waals surface area contributed by atoms with Crippen molar-refractivity contribution < 1.29 is 9.47 Å². The lowest BCUT2D eigenvalue weighted by Gasteiger charge is -2.21. The summed E-state index contributed by atoms with van der Waals surface area (Å²) in [6, 6.07) is 0. The average molecular weight is 347 g/mol. The smallest absolute Gasteiger partial charge is 0.178 e. The fourth-order valence-corrected chi connectivity index (χ4v) is 2.53. The van der Waals surface area contributed by atoms with Crippen LogP contribution < -0.4 is 0 Å². The molecule has 0 aromatic carbocycles. The van der Waals surface area contributed by atoms with Gasteiger partial charge >= 0.3 is 0 Å². The minimum absolute atomic E-state index is 0.265. The second-order valence-corrected chi connectivity index (χ2v) is 6.10. The number of rotatable bonds is 7. The van der Waals surface area contributed by atoms with Crippen LogP contribution in [-0.2, 0) is 9.47 Å². The van der Waals surface area contributed by atoms with Crippen molar-refractivity contribution in [2.24, 2.45) is 0 Å². The molecule has 2 aromatic heterocycles. The Morgan fingerprint density at radius 1 is 0.818 bits per heavy atom. The van der Waals surface area contributed by atoms with E-state index in [4.69, 9.17) is 32.7 Å². The molecule has 2 aromatic rings. The van der Waals surface area contributed by atoms with Gasteiger partial charge in [0.15, 0.2) is 11.6 Å². The highest BCUT2D eigenvalue weighted by molar-refractivity contribution is 6.19. The molecule has 0 radical (unpaired) electrons. The zero-order valence-electron chi connectivity index (χ0n) is 13.0. The van der Waals surface area contributed by atoms with E-state index in [2.05, 4.69) is 9.97 Å². The molecule has 2 heterocycles. The van der Waals surface area contributed by atoms with Gasteiger partial charge in [-0.05, 0) is 27.7 Å². The lowest BCUT2D eigenvalue weighted by molar-refractivity contribution is 0.00110. The molecular formula is C14H20Cl2N4O2. The zero-order chi connectivity index (χ0) is 16.3. The van der Waals surface area contributed by atoms with Crippen LogP contribution in [0.5, 0.6) is 0 Å². The quantitative estimate of drug-likeness (QED) is 0.711. The molecule has 0 saturated heterocycles. The molecule has 6 nitrogen and oxygen atoms in total. The highest BCUT2D eigenvalue weighted by atomic mass is 35.5. The Balaban J connectivity index is 2.30. The molecule has 4 unspecified atom stereocenters. The molecular weight excluding hydrogens is 327 g/mol. The van der Waals surface area contributed by atoms with E-state index < -0.39 is 11.1 Å². The number of imidazole rings is 2. The zero-order valence-corrected chi connectivity index (χ0v) is 14.5. The summed E-state index contributed by atoms with van der Waals surface area (Å²) in [5.74, 6) is 1.35. The molecule has 122 valence electrons. The summed E-state index contributed by atoms with van der Waals surface area (Å²) in [4.78, 5) is 8.75. The Morgan fingerprint density at radius 2 is 1.18 bits per heavy atom. The van der Waals surface area contributed by atoms with Crippen LogP contribution in [0.2, 0.25) is 0 Å². The topological polar surface area (TPSA) is 54.1 Å². The van der Waals surface area contributed by atoms with E-state index in [9.17, 15) is 0 Å². The minimum atomic E-state index is -0.399. The first-order chi connectivity index (χ1) is 10.4. The predicted octanol–water partition coefficient (Wildman–Crippen LogP) is 3.99. The second-order valence-electron chi connectivity index (χ2n) is 4.87. The third kappa shape index (κ3) is 4.01. The van der Waals surface area contributed by atoms with Crippen molar-refractivity contribution in [1.29, 1.82) is 0 Å². The number of aromatic nitrogens is 4. The molecule has 0 fully saturated rings. The van der Waals surface area contributed by atoms with E-state index in [1.165, 1.54) is 0 Å². The second kappa shape index (κ2) is 7.46. The van der Waals surface area contributed by atoms with Crippen molar-refractivity contribution in [2.45, 2.75) is 51.3 Å². The molecule has 22 heavy (non-hydrogen) atoms. The first-order valence-electron chi connectivity index (χ1n) is 7.05. The van der Waals surface area contributed by atoms with Gasteiger partial charge in [-0.15, -0.1) is 0 Å². The standard InChI is InChI=1S/C14H20Cl2N4O2/c1-9(15)21-11(3)19-7-5-17-13(19)14-18-6-8-20(14)12(4)22-10(2)16/h5-12H,1-4H3. The third-order valence-electron chi connectivity index (χ3n) is 3.09. The van der Waals surface area contributed by atoms with E-state index in [0.29, 0.717) is 11.6 Å². The molecule has 0 spiro atoms. The molecule has 0 bridgehead atoms. The van der Waals surface area contributed by atoms with Crippen LogP contribution in [0.3, 0.4) is 0 Å². The van der Waals surface area contributed by atoms with Gasteiger partial charge < -0.3 is 18.6 Å². The number of hydrogen-bond acceptors (Lipinski definition) is 4. The van der Waals surface area contributed by atoms with Gasteiger partial charge in [0.05, 0.1) is 0 Å². The van der Waals surface area contributed by atoms with Gasteiger partial charge in [-0.25, -0.2) is 9.97 Å². The van der Waals surface area contributed by atoms with Crippen LogP contribution in [-0.4, -0.2) is 30.2 Å². The lowest BCUT2D eigenvalue weighted by Crippen LogP contribution is -2.17. The summed E-state index contributed by atoms with van der Waals surface area (Å²) in [6.45, 7) is 7.34. The molecule has 8 heteroatoms. The van der Waals surface area contributed by atoms with E-state index in [1.807, 2.05) is 35.4 Å². The Morgan fingerprint density at radius 3 is 1.50 bits per heavy atom. The third-order valence-corrected chi connectivity index (χ3v) is 3.30. The van der Waals surface area contributed by atoms with E-state index in [0.717, 1.165) is 0 Å². The first kappa shape index (κ1) is 17.3. The molecule has 0 N–H and O–H groups in total. The van der Waals surface area contributed by atoms with Gasteiger partial charge in [-0.1, -0.05) is 23.2 Å². The number of alkyl halides is 2. The Labute approximate surface area is 140 Å². The van der Waals surface area contributed by atoms with Crippen molar-refractivity contribution >= 4 is 23.2 Å². The van der Waals surface area contributed by atoms with Crippen molar-refractivity contribution in [3.05, 3.63) is 24.8 Å². The Hall–Kier alpha value is -1.08. The highest BCUT2D eigenvalue weighted by Crippen LogP contribution is 2.25. The van der Waals surface area contributed by atoms with Crippen LogP contribution in [0.1, 0.15) is 40.2 Å². The maximum atomic E-state index is 5.89. The molecule has 2 rings (SSSR count). The SMILES string of the molecule is CC(Cl)OC(C)n1ccnc1-c1nccn1C(C)OC(C)Cl. The van der Waals surface area contributed by atoms with Crippen LogP contribution in [0.25, 0.3) is 11.6 Å². The number of hydrogen-bond donors (Lipinski definition) is 0. The summed E-state index contributed by atoms with van der Waals surface area (Å²) >= 11 is 11.8. The average Bonchev–Trinajstić information content (AvgIpc) is 3.05. The largest absolute Gasteiger partial charge is 0.340 e. The molecule has 0 amide bonds. The van der Waals surface area contributed by atoms with E-state index >= 15 is 0 Å². The van der Waals surface area contributed by atoms with Crippen LogP contribution >= 0.6 is 23.2 Å². The summed E-state index contributed by atoms with van der Waals surface area (Å²) in [5.41, 5.74) is -0.798. The van der Waals surface area contributed by atoms with Crippen LogP contribution in [0.4, 0.5) is 0 Å². The Bertz CT molecular complexity index is 545. The van der Waals surface area contributed by atoms with Crippen LogP contribution in [0.15, 0.2) is 24.8 Å². The van der Waals surface area contributed by atoms with Gasteiger partial charge in [0.1, 0.15) is 23.6 Å². The maximum absolute atomic E-state index is 5.89. The molecule has 0 aliphatic carbocycles. The van der Waals surface area contributed by atoms with Crippen molar-refractivity contribution in [2.75, 3.05) is 0 Å². The van der Waals surface area contributed by atoms with Crippen molar-refractivity contribution in [3.8, 4) is 11.6 Å². The molecule has 0 aliphatic rings.